The first kappa shape index (κ1) is 20.1. The molecule has 0 saturated carbocycles. The van der Waals surface area contributed by atoms with Crippen LogP contribution in [0.25, 0.3) is 11.0 Å². The zero-order valence-electron chi connectivity index (χ0n) is 15.4. The number of anilines is 1. The van der Waals surface area contributed by atoms with Crippen molar-refractivity contribution in [2.45, 2.75) is 6.54 Å². The van der Waals surface area contributed by atoms with Gasteiger partial charge in [-0.15, -0.1) is 0 Å². The molecule has 1 N–H and O–H groups in total. The number of halogens is 3. The Morgan fingerprint density at radius 1 is 1.07 bits per heavy atom. The van der Waals surface area contributed by atoms with Crippen molar-refractivity contribution in [3.05, 3.63) is 104 Å². The van der Waals surface area contributed by atoms with Crippen LogP contribution in [0.1, 0.15) is 15.9 Å². The van der Waals surface area contributed by atoms with Gasteiger partial charge < -0.3 is 5.32 Å². The number of fused-ring (bicyclic) bond motifs is 1. The van der Waals surface area contributed by atoms with Gasteiger partial charge in [0.2, 0.25) is 0 Å². The van der Waals surface area contributed by atoms with Gasteiger partial charge in [0.1, 0.15) is 17.0 Å². The maximum atomic E-state index is 14.2. The Bertz CT molecular complexity index is 1340. The Kier molecular flexibility index (Phi) is 5.53. The van der Waals surface area contributed by atoms with E-state index in [9.17, 15) is 14.0 Å². The van der Waals surface area contributed by atoms with Crippen LogP contribution in [-0.4, -0.2) is 15.5 Å². The van der Waals surface area contributed by atoms with Gasteiger partial charge in [0.15, 0.2) is 0 Å². The van der Waals surface area contributed by atoms with Crippen molar-refractivity contribution in [3.8, 4) is 0 Å². The normalized spacial score (nSPS) is 10.9. The molecule has 0 aliphatic rings. The standard InChI is InChI=1S/C22H14Cl2FN3O2/c23-16-7-3-9-18(19(16)24)27-21(29)15-11-13-6-4-10-26-20(13)28(22(15)30)12-14-5-1-2-8-17(14)25/h1-11H,12H2,(H,27,29). The number of benzene rings is 2. The number of hydrogen-bond acceptors (Lipinski definition) is 3. The van der Waals surface area contributed by atoms with Gasteiger partial charge in [0.05, 0.1) is 22.3 Å². The molecule has 0 spiro atoms. The van der Waals surface area contributed by atoms with Gasteiger partial charge in [-0.2, -0.15) is 0 Å². The highest BCUT2D eigenvalue weighted by Gasteiger charge is 2.18. The molecule has 2 heterocycles. The average Bonchev–Trinajstić information content (AvgIpc) is 2.74. The molecule has 0 unspecified atom stereocenters. The second-order valence-corrected chi connectivity index (χ2v) is 7.30. The van der Waals surface area contributed by atoms with E-state index in [0.717, 1.165) is 0 Å². The molecule has 30 heavy (non-hydrogen) atoms. The lowest BCUT2D eigenvalue weighted by Gasteiger charge is -2.13. The molecule has 0 bridgehead atoms. The highest BCUT2D eigenvalue weighted by molar-refractivity contribution is 6.44. The number of pyridine rings is 2. The molecule has 0 atom stereocenters. The summed E-state index contributed by atoms with van der Waals surface area (Å²) in [5, 5.41) is 3.62. The Morgan fingerprint density at radius 3 is 2.67 bits per heavy atom. The quantitative estimate of drug-likeness (QED) is 0.476. The molecule has 8 heteroatoms. The SMILES string of the molecule is O=C(Nc1cccc(Cl)c1Cl)c1cc2cccnc2n(Cc2ccccc2F)c1=O. The lowest BCUT2D eigenvalue weighted by Crippen LogP contribution is -2.30. The highest BCUT2D eigenvalue weighted by atomic mass is 35.5. The smallest absolute Gasteiger partial charge is 0.265 e. The van der Waals surface area contributed by atoms with E-state index in [0.29, 0.717) is 16.6 Å². The van der Waals surface area contributed by atoms with Crippen LogP contribution in [0.15, 0.2) is 71.7 Å². The fourth-order valence-corrected chi connectivity index (χ4v) is 3.45. The van der Waals surface area contributed by atoms with Gasteiger partial charge in [-0.3, -0.25) is 14.2 Å². The molecule has 2 aromatic carbocycles. The third-order valence-electron chi connectivity index (χ3n) is 4.58. The third kappa shape index (κ3) is 3.79. The molecule has 0 aliphatic heterocycles. The zero-order valence-corrected chi connectivity index (χ0v) is 16.9. The number of nitrogens with zero attached hydrogens (tertiary/aromatic N) is 2. The predicted octanol–water partition coefficient (Wildman–Crippen LogP) is 5.14. The molecule has 0 fully saturated rings. The molecule has 1 amide bonds. The minimum atomic E-state index is -0.655. The van der Waals surface area contributed by atoms with Gasteiger partial charge in [0.25, 0.3) is 11.5 Å². The van der Waals surface area contributed by atoms with E-state index < -0.39 is 17.3 Å². The highest BCUT2D eigenvalue weighted by Crippen LogP contribution is 2.29. The molecular formula is C22H14Cl2FN3O2. The Balaban J connectivity index is 1.82. The van der Waals surface area contributed by atoms with E-state index in [-0.39, 0.29) is 27.8 Å². The van der Waals surface area contributed by atoms with Crippen LogP contribution < -0.4 is 10.9 Å². The summed E-state index contributed by atoms with van der Waals surface area (Å²) in [6.45, 7) is -0.0714. The first-order valence-corrected chi connectivity index (χ1v) is 9.68. The summed E-state index contributed by atoms with van der Waals surface area (Å²) < 4.78 is 15.5. The summed E-state index contributed by atoms with van der Waals surface area (Å²) >= 11 is 12.1. The van der Waals surface area contributed by atoms with Gasteiger partial charge in [-0.1, -0.05) is 47.5 Å². The van der Waals surface area contributed by atoms with Crippen LogP contribution in [0.2, 0.25) is 10.0 Å². The van der Waals surface area contributed by atoms with Crippen molar-refractivity contribution < 1.29 is 9.18 Å². The monoisotopic (exact) mass is 441 g/mol. The number of hydrogen-bond donors (Lipinski definition) is 1. The maximum Gasteiger partial charge on any atom is 0.265 e. The van der Waals surface area contributed by atoms with Gasteiger partial charge in [-0.05, 0) is 36.4 Å². The van der Waals surface area contributed by atoms with Crippen molar-refractivity contribution in [2.75, 3.05) is 5.32 Å². The van der Waals surface area contributed by atoms with E-state index in [4.69, 9.17) is 23.2 Å². The summed E-state index contributed by atoms with van der Waals surface area (Å²) in [5.41, 5.74) is 0.216. The molecule has 0 saturated heterocycles. The molecule has 150 valence electrons. The second kappa shape index (κ2) is 8.26. The number of nitrogens with one attached hydrogen (secondary N) is 1. The molecule has 4 rings (SSSR count). The van der Waals surface area contributed by atoms with Gasteiger partial charge >= 0.3 is 0 Å². The van der Waals surface area contributed by atoms with Crippen molar-refractivity contribution in [3.63, 3.8) is 0 Å². The average molecular weight is 442 g/mol. The van der Waals surface area contributed by atoms with Crippen LogP contribution in [0.4, 0.5) is 10.1 Å². The topological polar surface area (TPSA) is 64.0 Å². The van der Waals surface area contributed by atoms with Crippen LogP contribution >= 0.6 is 23.2 Å². The van der Waals surface area contributed by atoms with E-state index >= 15 is 0 Å². The van der Waals surface area contributed by atoms with Crippen LogP contribution in [0.5, 0.6) is 0 Å². The predicted molar refractivity (Wildman–Crippen MR) is 116 cm³/mol. The summed E-state index contributed by atoms with van der Waals surface area (Å²) in [7, 11) is 0. The summed E-state index contributed by atoms with van der Waals surface area (Å²) in [5.74, 6) is -1.11. The summed E-state index contributed by atoms with van der Waals surface area (Å²) in [6.07, 6.45) is 1.53. The minimum absolute atomic E-state index is 0.0714. The Labute approximate surface area is 180 Å². The molecule has 0 aliphatic carbocycles. The molecule has 5 nitrogen and oxygen atoms in total. The lowest BCUT2D eigenvalue weighted by atomic mass is 10.1. The summed E-state index contributed by atoms with van der Waals surface area (Å²) in [4.78, 5) is 30.3. The number of carbonyl (C=O) groups excluding carboxylic acids is 1. The molecule has 0 radical (unpaired) electrons. The van der Waals surface area contributed by atoms with Gasteiger partial charge in [-0.25, -0.2) is 9.37 Å². The van der Waals surface area contributed by atoms with Crippen molar-refractivity contribution in [1.82, 2.24) is 9.55 Å². The van der Waals surface area contributed by atoms with Crippen molar-refractivity contribution in [1.29, 1.82) is 0 Å². The van der Waals surface area contributed by atoms with E-state index in [1.54, 1.807) is 48.5 Å². The second-order valence-electron chi connectivity index (χ2n) is 6.51. The fourth-order valence-electron chi connectivity index (χ4n) is 3.10. The number of amides is 1. The molecule has 2 aromatic heterocycles. The van der Waals surface area contributed by atoms with Crippen molar-refractivity contribution >= 4 is 45.8 Å². The summed E-state index contributed by atoms with van der Waals surface area (Å²) in [6, 6.07) is 15.8. The van der Waals surface area contributed by atoms with Gasteiger partial charge in [0, 0.05) is 17.1 Å². The van der Waals surface area contributed by atoms with E-state index in [1.807, 2.05) is 0 Å². The van der Waals surface area contributed by atoms with Crippen LogP contribution in [0.3, 0.4) is 0 Å². The number of rotatable bonds is 4. The Hall–Kier alpha value is -3.22. The molecular weight excluding hydrogens is 428 g/mol. The van der Waals surface area contributed by atoms with Crippen molar-refractivity contribution in [2.24, 2.45) is 0 Å². The van der Waals surface area contributed by atoms with Crippen LogP contribution in [0, 0.1) is 5.82 Å². The van der Waals surface area contributed by atoms with E-state index in [1.165, 1.54) is 22.9 Å². The first-order valence-electron chi connectivity index (χ1n) is 8.93. The van der Waals surface area contributed by atoms with E-state index in [2.05, 4.69) is 10.3 Å². The minimum Gasteiger partial charge on any atom is -0.320 e. The van der Waals surface area contributed by atoms with Crippen LogP contribution in [-0.2, 0) is 6.54 Å². The maximum absolute atomic E-state index is 14.2. The fraction of sp³-hybridized carbons (Fsp3) is 0.0455. The zero-order chi connectivity index (χ0) is 21.3. The number of aromatic nitrogens is 2. The molecule has 4 aromatic rings. The largest absolute Gasteiger partial charge is 0.320 e. The Morgan fingerprint density at radius 2 is 1.87 bits per heavy atom. The lowest BCUT2D eigenvalue weighted by molar-refractivity contribution is 0.102. The first-order chi connectivity index (χ1) is 14.5. The number of carbonyl (C=O) groups is 1. The third-order valence-corrected chi connectivity index (χ3v) is 5.40.